The van der Waals surface area contributed by atoms with Gasteiger partial charge in [0.25, 0.3) is 0 Å². The van der Waals surface area contributed by atoms with Gasteiger partial charge in [0.1, 0.15) is 0 Å². The molecule has 3 fully saturated rings. The lowest BCUT2D eigenvalue weighted by Gasteiger charge is -2.24. The second-order valence-corrected chi connectivity index (χ2v) is 8.76. The molecule has 0 spiro atoms. The van der Waals surface area contributed by atoms with Gasteiger partial charge in [0.15, 0.2) is 11.6 Å². The Labute approximate surface area is 158 Å². The van der Waals surface area contributed by atoms with Gasteiger partial charge in [-0.2, -0.15) is 0 Å². The van der Waals surface area contributed by atoms with Crippen molar-refractivity contribution in [2.45, 2.75) is 25.7 Å². The minimum Gasteiger partial charge on any atom is -0.384 e. The predicted octanol–water partition coefficient (Wildman–Crippen LogP) is 4.11. The number of carbonyl (C=O) groups excluding carboxylic acids is 2. The van der Waals surface area contributed by atoms with E-state index < -0.39 is 0 Å². The molecule has 4 aliphatic carbocycles. The van der Waals surface area contributed by atoms with E-state index in [2.05, 4.69) is 10.6 Å². The number of carbonyl (C=O) groups is 2. The molecule has 3 saturated carbocycles. The lowest BCUT2D eigenvalue weighted by Crippen LogP contribution is -2.25. The zero-order chi connectivity index (χ0) is 18.2. The maximum Gasteiger partial charge on any atom is 0.196 e. The van der Waals surface area contributed by atoms with Gasteiger partial charge in [-0.25, -0.2) is 0 Å². The van der Waals surface area contributed by atoms with Crippen LogP contribution < -0.4 is 10.6 Å². The molecule has 0 aromatic heterocycles. The molecule has 0 amide bonds. The first-order chi connectivity index (χ1) is 13.2. The van der Waals surface area contributed by atoms with Crippen LogP contribution in [0.15, 0.2) is 36.4 Å². The second-order valence-electron chi connectivity index (χ2n) is 8.76. The van der Waals surface area contributed by atoms with Crippen LogP contribution >= 0.6 is 0 Å². The molecule has 27 heavy (non-hydrogen) atoms. The summed E-state index contributed by atoms with van der Waals surface area (Å²) < 4.78 is 0. The van der Waals surface area contributed by atoms with Crippen molar-refractivity contribution in [2.24, 2.45) is 17.3 Å². The van der Waals surface area contributed by atoms with Crippen LogP contribution in [0, 0.1) is 17.3 Å². The average molecular weight is 358 g/mol. The number of hydrogen-bond acceptors (Lipinski definition) is 4. The first-order valence-corrected chi connectivity index (χ1v) is 9.99. The summed E-state index contributed by atoms with van der Waals surface area (Å²) in [5.74, 6) is 1.49. The average Bonchev–Trinajstić information content (AvgIpc) is 3.55. The predicted molar refractivity (Wildman–Crippen MR) is 105 cm³/mol. The number of anilines is 2. The highest BCUT2D eigenvalue weighted by atomic mass is 16.1. The lowest BCUT2D eigenvalue weighted by atomic mass is 9.82. The molecule has 0 saturated heterocycles. The molecule has 2 aromatic rings. The Balaban J connectivity index is 1.43. The second kappa shape index (κ2) is 5.22. The normalized spacial score (nSPS) is 26.7. The van der Waals surface area contributed by atoms with Gasteiger partial charge in [-0.05, 0) is 55.1 Å². The lowest BCUT2D eigenvalue weighted by molar-refractivity contribution is 0.0980. The molecule has 136 valence electrons. The molecule has 6 rings (SSSR count). The third-order valence-electron chi connectivity index (χ3n) is 6.84. The summed E-state index contributed by atoms with van der Waals surface area (Å²) in [5.41, 5.74) is 4.22. The van der Waals surface area contributed by atoms with Gasteiger partial charge >= 0.3 is 0 Å². The molecule has 4 aliphatic rings. The van der Waals surface area contributed by atoms with Crippen LogP contribution in [-0.4, -0.2) is 24.7 Å². The van der Waals surface area contributed by atoms with Crippen molar-refractivity contribution in [2.75, 3.05) is 23.7 Å². The molecule has 0 aliphatic heterocycles. The number of rotatable bonds is 6. The van der Waals surface area contributed by atoms with E-state index in [-0.39, 0.29) is 11.6 Å². The zero-order valence-corrected chi connectivity index (χ0v) is 15.2. The van der Waals surface area contributed by atoms with E-state index in [0.717, 1.165) is 30.4 Å². The van der Waals surface area contributed by atoms with E-state index in [9.17, 15) is 9.59 Å². The van der Waals surface area contributed by atoms with Gasteiger partial charge in [0.05, 0.1) is 11.1 Å². The fraction of sp³-hybridized carbons (Fsp3) is 0.391. The number of hydrogen-bond donors (Lipinski definition) is 2. The number of nitrogens with one attached hydrogen (secondary N) is 2. The fourth-order valence-electron chi connectivity index (χ4n) is 4.46. The van der Waals surface area contributed by atoms with E-state index in [1.807, 2.05) is 24.3 Å². The Morgan fingerprint density at radius 1 is 0.852 bits per heavy atom. The van der Waals surface area contributed by atoms with E-state index in [0.29, 0.717) is 33.6 Å². The summed E-state index contributed by atoms with van der Waals surface area (Å²) in [6.45, 7) is 1.77. The molecular formula is C23H22N2O2. The van der Waals surface area contributed by atoms with E-state index in [1.54, 1.807) is 12.1 Å². The molecule has 0 atom stereocenters. The minimum atomic E-state index is -0.0453. The molecule has 0 heterocycles. The number of benzene rings is 2. The zero-order valence-electron chi connectivity index (χ0n) is 15.2. The van der Waals surface area contributed by atoms with Crippen LogP contribution in [0.1, 0.15) is 57.5 Å². The van der Waals surface area contributed by atoms with Crippen molar-refractivity contribution < 1.29 is 9.59 Å². The first kappa shape index (κ1) is 15.4. The van der Waals surface area contributed by atoms with Crippen molar-refractivity contribution in [3.63, 3.8) is 0 Å². The standard InChI is InChI=1S/C23H22N2O2/c26-21-15-3-1-2-4-16(15)22(27)20-18(25-12-23-9-14(23)10-23)8-7-17(19(20)21)24-11-13-5-6-13/h1-4,7-8,13-14,24-25H,5-6,9-12H2. The van der Waals surface area contributed by atoms with Crippen LogP contribution in [0.5, 0.6) is 0 Å². The van der Waals surface area contributed by atoms with Crippen molar-refractivity contribution in [1.82, 2.24) is 0 Å². The highest BCUT2D eigenvalue weighted by Crippen LogP contribution is 2.75. The van der Waals surface area contributed by atoms with Gasteiger partial charge in [-0.15, -0.1) is 0 Å². The fourth-order valence-corrected chi connectivity index (χ4v) is 4.46. The summed E-state index contributed by atoms with van der Waals surface area (Å²) in [7, 11) is 0. The van der Waals surface area contributed by atoms with E-state index in [1.165, 1.54) is 25.7 Å². The molecule has 4 heteroatoms. The maximum atomic E-state index is 13.3. The third-order valence-corrected chi connectivity index (χ3v) is 6.84. The summed E-state index contributed by atoms with van der Waals surface area (Å²) in [5, 5.41) is 6.94. The van der Waals surface area contributed by atoms with Gasteiger partial charge in [0, 0.05) is 35.6 Å². The van der Waals surface area contributed by atoms with E-state index in [4.69, 9.17) is 0 Å². The maximum absolute atomic E-state index is 13.3. The summed E-state index contributed by atoms with van der Waals surface area (Å²) >= 11 is 0. The van der Waals surface area contributed by atoms with Gasteiger partial charge in [-0.1, -0.05) is 24.3 Å². The minimum absolute atomic E-state index is 0.0431. The highest BCUT2D eigenvalue weighted by Gasteiger charge is 2.69. The Morgan fingerprint density at radius 2 is 1.41 bits per heavy atom. The Hall–Kier alpha value is -2.62. The van der Waals surface area contributed by atoms with Crippen molar-refractivity contribution in [3.05, 3.63) is 58.7 Å². The molecule has 0 bridgehead atoms. The number of fused-ring (bicyclic) bond motifs is 3. The third kappa shape index (κ3) is 2.35. The molecular weight excluding hydrogens is 336 g/mol. The van der Waals surface area contributed by atoms with Crippen LogP contribution in [0.25, 0.3) is 0 Å². The van der Waals surface area contributed by atoms with Crippen LogP contribution in [0.4, 0.5) is 11.4 Å². The van der Waals surface area contributed by atoms with Crippen LogP contribution in [0.3, 0.4) is 0 Å². The monoisotopic (exact) mass is 358 g/mol. The quantitative estimate of drug-likeness (QED) is 0.696. The Kier molecular flexibility index (Phi) is 2.98. The molecule has 0 radical (unpaired) electrons. The summed E-state index contributed by atoms with van der Waals surface area (Å²) in [4.78, 5) is 26.6. The Bertz CT molecular complexity index is 999. The van der Waals surface area contributed by atoms with Crippen LogP contribution in [-0.2, 0) is 0 Å². The van der Waals surface area contributed by atoms with Gasteiger partial charge < -0.3 is 10.6 Å². The molecule has 2 N–H and O–H groups in total. The topological polar surface area (TPSA) is 58.2 Å². The van der Waals surface area contributed by atoms with Crippen molar-refractivity contribution in [1.29, 1.82) is 0 Å². The molecule has 0 unspecified atom stereocenters. The van der Waals surface area contributed by atoms with E-state index >= 15 is 0 Å². The first-order valence-electron chi connectivity index (χ1n) is 9.99. The molecule has 2 aromatic carbocycles. The van der Waals surface area contributed by atoms with Crippen molar-refractivity contribution >= 4 is 22.9 Å². The summed E-state index contributed by atoms with van der Waals surface area (Å²) in [6, 6.07) is 11.1. The SMILES string of the molecule is O=C1c2ccccc2C(=O)c2c(NCC34CC3C4)ccc(NCC3CC3)c21. The smallest absolute Gasteiger partial charge is 0.196 e. The summed E-state index contributed by atoms with van der Waals surface area (Å²) in [6.07, 6.45) is 5.10. The number of ketones is 2. The van der Waals surface area contributed by atoms with Gasteiger partial charge in [-0.3, -0.25) is 9.59 Å². The molecule has 4 nitrogen and oxygen atoms in total. The van der Waals surface area contributed by atoms with Crippen molar-refractivity contribution in [3.8, 4) is 0 Å². The Morgan fingerprint density at radius 3 is 1.93 bits per heavy atom. The highest BCUT2D eigenvalue weighted by molar-refractivity contribution is 6.31. The van der Waals surface area contributed by atoms with Crippen LogP contribution in [0.2, 0.25) is 0 Å². The van der Waals surface area contributed by atoms with Gasteiger partial charge in [0.2, 0.25) is 0 Å². The largest absolute Gasteiger partial charge is 0.384 e.